The lowest BCUT2D eigenvalue weighted by atomic mass is 10.2. The van der Waals surface area contributed by atoms with Gasteiger partial charge in [0.05, 0.1) is 6.54 Å². The van der Waals surface area contributed by atoms with Gasteiger partial charge in [-0.1, -0.05) is 30.3 Å². The van der Waals surface area contributed by atoms with Gasteiger partial charge in [0.2, 0.25) is 5.71 Å². The number of fused-ring (bicyclic) bond motifs is 1. The zero-order valence-electron chi connectivity index (χ0n) is 9.04. The van der Waals surface area contributed by atoms with Crippen molar-refractivity contribution in [3.05, 3.63) is 64.8 Å². The van der Waals surface area contributed by atoms with Gasteiger partial charge in [-0.3, -0.25) is 4.57 Å². The standard InChI is InChI=1S/C13H10N2O2/c16-13-15(9-10-5-2-1-3-6-10)11-7-4-8-14-12(11)17-13/h1-8H,9H2. The number of rotatable bonds is 2. The van der Waals surface area contributed by atoms with E-state index < -0.39 is 0 Å². The lowest BCUT2D eigenvalue weighted by molar-refractivity contribution is 0.511. The Kier molecular flexibility index (Phi) is 2.26. The van der Waals surface area contributed by atoms with Gasteiger partial charge in [0, 0.05) is 6.20 Å². The minimum Gasteiger partial charge on any atom is -0.389 e. The summed E-state index contributed by atoms with van der Waals surface area (Å²) in [5.41, 5.74) is 2.16. The van der Waals surface area contributed by atoms with Crippen LogP contribution < -0.4 is 5.76 Å². The molecule has 0 N–H and O–H groups in total. The summed E-state index contributed by atoms with van der Waals surface area (Å²) >= 11 is 0. The van der Waals surface area contributed by atoms with Crippen LogP contribution in [0.2, 0.25) is 0 Å². The first-order valence-electron chi connectivity index (χ1n) is 5.33. The molecular weight excluding hydrogens is 216 g/mol. The second-order valence-corrected chi connectivity index (χ2v) is 3.77. The fraction of sp³-hybridized carbons (Fsp3) is 0.0769. The Morgan fingerprint density at radius 3 is 2.76 bits per heavy atom. The molecule has 0 bridgehead atoms. The first-order chi connectivity index (χ1) is 8.34. The average molecular weight is 226 g/mol. The van der Waals surface area contributed by atoms with Gasteiger partial charge in [-0.2, -0.15) is 0 Å². The number of nitrogens with zero attached hydrogens (tertiary/aromatic N) is 2. The molecule has 0 aliphatic carbocycles. The fourth-order valence-electron chi connectivity index (χ4n) is 1.82. The monoisotopic (exact) mass is 226 g/mol. The maximum atomic E-state index is 11.7. The van der Waals surface area contributed by atoms with Crippen LogP contribution >= 0.6 is 0 Å². The molecule has 84 valence electrons. The van der Waals surface area contributed by atoms with Gasteiger partial charge in [-0.05, 0) is 17.7 Å². The van der Waals surface area contributed by atoms with Crippen molar-refractivity contribution < 1.29 is 4.42 Å². The summed E-state index contributed by atoms with van der Waals surface area (Å²) in [7, 11) is 0. The highest BCUT2D eigenvalue weighted by Gasteiger charge is 2.09. The van der Waals surface area contributed by atoms with Crippen molar-refractivity contribution in [1.82, 2.24) is 9.55 Å². The van der Waals surface area contributed by atoms with Gasteiger partial charge in [-0.25, -0.2) is 9.78 Å². The van der Waals surface area contributed by atoms with Crippen molar-refractivity contribution in [1.29, 1.82) is 0 Å². The summed E-state index contributed by atoms with van der Waals surface area (Å²) in [6.45, 7) is 0.498. The molecule has 0 fully saturated rings. The molecule has 0 saturated carbocycles. The Bertz CT molecular complexity index is 698. The Labute approximate surface area is 97.1 Å². The maximum absolute atomic E-state index is 11.7. The molecule has 0 atom stereocenters. The van der Waals surface area contributed by atoms with E-state index >= 15 is 0 Å². The largest absolute Gasteiger partial charge is 0.421 e. The Morgan fingerprint density at radius 1 is 1.12 bits per heavy atom. The van der Waals surface area contributed by atoms with Crippen LogP contribution in [-0.4, -0.2) is 9.55 Å². The Hall–Kier alpha value is -2.36. The average Bonchev–Trinajstić information content (AvgIpc) is 2.68. The van der Waals surface area contributed by atoms with Crippen LogP contribution in [0.3, 0.4) is 0 Å². The van der Waals surface area contributed by atoms with Crippen LogP contribution in [0.15, 0.2) is 57.9 Å². The highest BCUT2D eigenvalue weighted by atomic mass is 16.4. The minimum absolute atomic E-state index is 0.373. The van der Waals surface area contributed by atoms with Crippen molar-refractivity contribution in [2.75, 3.05) is 0 Å². The number of pyridine rings is 1. The van der Waals surface area contributed by atoms with Crippen molar-refractivity contribution in [2.45, 2.75) is 6.54 Å². The fourth-order valence-corrected chi connectivity index (χ4v) is 1.82. The smallest absolute Gasteiger partial charge is 0.389 e. The van der Waals surface area contributed by atoms with Crippen molar-refractivity contribution in [2.24, 2.45) is 0 Å². The van der Waals surface area contributed by atoms with Gasteiger partial charge in [-0.15, -0.1) is 0 Å². The van der Waals surface area contributed by atoms with Crippen LogP contribution in [0.4, 0.5) is 0 Å². The molecule has 0 spiro atoms. The summed E-state index contributed by atoms with van der Waals surface area (Å²) in [5, 5.41) is 0. The van der Waals surface area contributed by atoms with Gasteiger partial charge in [0.1, 0.15) is 5.52 Å². The molecule has 4 nitrogen and oxygen atoms in total. The number of oxazole rings is 1. The summed E-state index contributed by atoms with van der Waals surface area (Å²) in [4.78, 5) is 15.7. The Balaban J connectivity index is 2.12. The van der Waals surface area contributed by atoms with Crippen LogP contribution in [0.5, 0.6) is 0 Å². The van der Waals surface area contributed by atoms with Crippen LogP contribution in [0, 0.1) is 0 Å². The van der Waals surface area contributed by atoms with E-state index in [2.05, 4.69) is 4.98 Å². The van der Waals surface area contributed by atoms with Crippen LogP contribution in [0.1, 0.15) is 5.56 Å². The molecule has 0 radical (unpaired) electrons. The zero-order valence-corrected chi connectivity index (χ0v) is 9.04. The highest BCUT2D eigenvalue weighted by Crippen LogP contribution is 2.10. The molecule has 3 rings (SSSR count). The quantitative estimate of drug-likeness (QED) is 0.671. The van der Waals surface area contributed by atoms with Gasteiger partial charge >= 0.3 is 5.76 Å². The van der Waals surface area contributed by atoms with Crippen molar-refractivity contribution in [3.63, 3.8) is 0 Å². The Morgan fingerprint density at radius 2 is 1.94 bits per heavy atom. The molecular formula is C13H10N2O2. The zero-order chi connectivity index (χ0) is 11.7. The maximum Gasteiger partial charge on any atom is 0.421 e. The number of benzene rings is 1. The van der Waals surface area contributed by atoms with Gasteiger partial charge < -0.3 is 4.42 Å². The summed E-state index contributed by atoms with van der Waals surface area (Å²) in [6, 6.07) is 13.4. The summed E-state index contributed by atoms with van der Waals surface area (Å²) in [5.74, 6) is -0.373. The van der Waals surface area contributed by atoms with E-state index in [1.807, 2.05) is 36.4 Å². The van der Waals surface area contributed by atoms with E-state index in [-0.39, 0.29) is 5.76 Å². The number of hydrogen-bond donors (Lipinski definition) is 0. The first-order valence-corrected chi connectivity index (χ1v) is 5.33. The van der Waals surface area contributed by atoms with E-state index in [9.17, 15) is 4.79 Å². The van der Waals surface area contributed by atoms with E-state index in [0.29, 0.717) is 12.3 Å². The topological polar surface area (TPSA) is 48.0 Å². The van der Waals surface area contributed by atoms with E-state index in [4.69, 9.17) is 4.42 Å². The third kappa shape index (κ3) is 1.73. The molecule has 4 heteroatoms. The summed E-state index contributed by atoms with van der Waals surface area (Å²) < 4.78 is 6.65. The molecule has 3 aromatic rings. The SMILES string of the molecule is O=c1oc2ncccc2n1Cc1ccccc1. The van der Waals surface area contributed by atoms with Crippen molar-refractivity contribution in [3.8, 4) is 0 Å². The molecule has 2 heterocycles. The highest BCUT2D eigenvalue weighted by molar-refractivity contribution is 5.67. The van der Waals surface area contributed by atoms with Gasteiger partial charge in [0.25, 0.3) is 0 Å². The number of aromatic nitrogens is 2. The van der Waals surface area contributed by atoms with E-state index in [0.717, 1.165) is 11.1 Å². The molecule has 0 aliphatic heterocycles. The third-order valence-electron chi connectivity index (χ3n) is 2.63. The molecule has 2 aromatic heterocycles. The predicted molar refractivity (Wildman–Crippen MR) is 63.8 cm³/mol. The third-order valence-corrected chi connectivity index (χ3v) is 2.63. The second kappa shape index (κ2) is 3.90. The predicted octanol–water partition coefficient (Wildman–Crippen LogP) is 2.04. The second-order valence-electron chi connectivity index (χ2n) is 3.77. The van der Waals surface area contributed by atoms with Gasteiger partial charge in [0.15, 0.2) is 0 Å². The first kappa shape index (κ1) is 9.84. The lowest BCUT2D eigenvalue weighted by Gasteiger charge is -2.01. The molecule has 0 saturated heterocycles. The normalized spacial score (nSPS) is 10.8. The molecule has 0 unspecified atom stereocenters. The van der Waals surface area contributed by atoms with Crippen LogP contribution in [-0.2, 0) is 6.54 Å². The van der Waals surface area contributed by atoms with Crippen LogP contribution in [0.25, 0.3) is 11.2 Å². The summed E-state index contributed by atoms with van der Waals surface area (Å²) in [6.07, 6.45) is 1.61. The molecule has 0 amide bonds. The molecule has 17 heavy (non-hydrogen) atoms. The molecule has 0 aliphatic rings. The lowest BCUT2D eigenvalue weighted by Crippen LogP contribution is -2.14. The minimum atomic E-state index is -0.373. The van der Waals surface area contributed by atoms with E-state index in [1.165, 1.54) is 0 Å². The molecule has 1 aromatic carbocycles. The van der Waals surface area contributed by atoms with E-state index in [1.54, 1.807) is 16.8 Å². The van der Waals surface area contributed by atoms with Crippen molar-refractivity contribution >= 4 is 11.2 Å². The number of hydrogen-bond acceptors (Lipinski definition) is 3.